The first-order valence-corrected chi connectivity index (χ1v) is 7.80. The Labute approximate surface area is 105 Å². The van der Waals surface area contributed by atoms with Crippen molar-refractivity contribution in [3.8, 4) is 0 Å². The van der Waals surface area contributed by atoms with Crippen molar-refractivity contribution >= 4 is 21.4 Å². The molecule has 1 aromatic rings. The van der Waals surface area contributed by atoms with Crippen LogP contribution in [0.4, 0.5) is 0 Å². The fourth-order valence-electron chi connectivity index (χ4n) is 1.71. The highest BCUT2D eigenvalue weighted by molar-refractivity contribution is 7.91. The van der Waals surface area contributed by atoms with Crippen LogP contribution in [0.1, 0.15) is 17.7 Å². The molecule has 7 heteroatoms. The van der Waals surface area contributed by atoms with Crippen molar-refractivity contribution in [2.75, 3.05) is 13.2 Å². The fraction of sp³-hybridized carbons (Fsp3) is 0.600. The van der Waals surface area contributed by atoms with Gasteiger partial charge < -0.3 is 10.5 Å². The molecule has 0 atom stereocenters. The maximum atomic E-state index is 12.0. The van der Waals surface area contributed by atoms with E-state index in [1.165, 1.54) is 11.3 Å². The Morgan fingerprint density at radius 1 is 1.41 bits per heavy atom. The molecule has 0 aromatic carbocycles. The number of thiophene rings is 1. The molecule has 0 saturated carbocycles. The Morgan fingerprint density at radius 2 is 2.12 bits per heavy atom. The van der Waals surface area contributed by atoms with Crippen molar-refractivity contribution < 1.29 is 13.2 Å². The summed E-state index contributed by atoms with van der Waals surface area (Å²) in [5, 5.41) is 0. The van der Waals surface area contributed by atoms with Crippen molar-refractivity contribution in [1.29, 1.82) is 0 Å². The number of sulfonamides is 1. The van der Waals surface area contributed by atoms with E-state index in [1.54, 1.807) is 12.1 Å². The number of nitrogens with two attached hydrogens (primary N) is 1. The lowest BCUT2D eigenvalue weighted by atomic mass is 10.1. The largest absolute Gasteiger partial charge is 0.381 e. The van der Waals surface area contributed by atoms with E-state index in [9.17, 15) is 8.42 Å². The van der Waals surface area contributed by atoms with Gasteiger partial charge in [0.15, 0.2) is 0 Å². The fourth-order valence-corrected chi connectivity index (χ4v) is 4.26. The zero-order chi connectivity index (χ0) is 12.3. The molecule has 0 amide bonds. The molecule has 1 saturated heterocycles. The number of hydrogen-bond donors (Lipinski definition) is 2. The molecule has 17 heavy (non-hydrogen) atoms. The molecule has 96 valence electrons. The van der Waals surface area contributed by atoms with E-state index >= 15 is 0 Å². The Kier molecular flexibility index (Phi) is 4.16. The molecule has 0 bridgehead atoms. The molecule has 0 unspecified atom stereocenters. The maximum absolute atomic E-state index is 12.0. The van der Waals surface area contributed by atoms with Gasteiger partial charge in [0.1, 0.15) is 4.21 Å². The molecule has 2 heterocycles. The van der Waals surface area contributed by atoms with Gasteiger partial charge in [-0.2, -0.15) is 0 Å². The lowest BCUT2D eigenvalue weighted by Gasteiger charge is -2.22. The summed E-state index contributed by atoms with van der Waals surface area (Å²) in [5.74, 6) is 0. The van der Waals surface area contributed by atoms with E-state index in [0.717, 1.165) is 17.7 Å². The van der Waals surface area contributed by atoms with Crippen LogP contribution in [0.2, 0.25) is 0 Å². The van der Waals surface area contributed by atoms with Crippen LogP contribution in [0.3, 0.4) is 0 Å². The van der Waals surface area contributed by atoms with Crippen LogP contribution in [0.15, 0.2) is 16.3 Å². The summed E-state index contributed by atoms with van der Waals surface area (Å²) in [6.45, 7) is 1.61. The Hall–Kier alpha value is -0.470. The summed E-state index contributed by atoms with van der Waals surface area (Å²) in [6.07, 6.45) is 1.46. The summed E-state index contributed by atoms with van der Waals surface area (Å²) >= 11 is 1.22. The van der Waals surface area contributed by atoms with Gasteiger partial charge in [-0.3, -0.25) is 0 Å². The van der Waals surface area contributed by atoms with E-state index in [0.29, 0.717) is 24.0 Å². The molecule has 0 spiro atoms. The molecule has 5 nitrogen and oxygen atoms in total. The second kappa shape index (κ2) is 5.45. The summed E-state index contributed by atoms with van der Waals surface area (Å²) in [7, 11) is -3.39. The van der Waals surface area contributed by atoms with Gasteiger partial charge in [0, 0.05) is 30.7 Å². The highest BCUT2D eigenvalue weighted by Gasteiger charge is 2.23. The topological polar surface area (TPSA) is 81.4 Å². The van der Waals surface area contributed by atoms with E-state index in [2.05, 4.69) is 4.72 Å². The summed E-state index contributed by atoms with van der Waals surface area (Å²) < 4.78 is 32.3. The van der Waals surface area contributed by atoms with E-state index in [-0.39, 0.29) is 6.04 Å². The van der Waals surface area contributed by atoms with Crippen LogP contribution in [-0.4, -0.2) is 27.7 Å². The van der Waals surface area contributed by atoms with Crippen molar-refractivity contribution in [2.45, 2.75) is 29.6 Å². The molecule has 0 aliphatic carbocycles. The smallest absolute Gasteiger partial charge is 0.250 e. The predicted molar refractivity (Wildman–Crippen MR) is 66.4 cm³/mol. The van der Waals surface area contributed by atoms with Crippen molar-refractivity contribution in [2.24, 2.45) is 5.73 Å². The van der Waals surface area contributed by atoms with Crippen molar-refractivity contribution in [1.82, 2.24) is 4.72 Å². The zero-order valence-corrected chi connectivity index (χ0v) is 11.0. The first kappa shape index (κ1) is 13.0. The number of ether oxygens (including phenoxy) is 1. The van der Waals surface area contributed by atoms with Crippen LogP contribution < -0.4 is 10.5 Å². The van der Waals surface area contributed by atoms with Gasteiger partial charge in [0.05, 0.1) is 0 Å². The average Bonchev–Trinajstić information content (AvgIpc) is 2.79. The van der Waals surface area contributed by atoms with Crippen molar-refractivity contribution in [3.05, 3.63) is 17.0 Å². The second-order valence-electron chi connectivity index (χ2n) is 3.93. The lowest BCUT2D eigenvalue weighted by molar-refractivity contribution is 0.0832. The minimum Gasteiger partial charge on any atom is -0.381 e. The van der Waals surface area contributed by atoms with Crippen LogP contribution in [0.25, 0.3) is 0 Å². The molecular weight excluding hydrogens is 260 g/mol. The highest BCUT2D eigenvalue weighted by atomic mass is 32.2. The number of hydrogen-bond acceptors (Lipinski definition) is 5. The van der Waals surface area contributed by atoms with Crippen LogP contribution in [0, 0.1) is 0 Å². The SMILES string of the molecule is NCc1ccc(S(=O)(=O)NC2CCOCC2)s1. The monoisotopic (exact) mass is 276 g/mol. The maximum Gasteiger partial charge on any atom is 0.250 e. The molecule has 0 radical (unpaired) electrons. The minimum atomic E-state index is -3.39. The Bertz CT molecular complexity index is 464. The Balaban J connectivity index is 2.07. The van der Waals surface area contributed by atoms with E-state index in [1.807, 2.05) is 0 Å². The van der Waals surface area contributed by atoms with Crippen LogP contribution in [0.5, 0.6) is 0 Å². The van der Waals surface area contributed by atoms with Crippen LogP contribution >= 0.6 is 11.3 Å². The van der Waals surface area contributed by atoms with E-state index in [4.69, 9.17) is 10.5 Å². The molecule has 3 N–H and O–H groups in total. The third kappa shape index (κ3) is 3.26. The van der Waals surface area contributed by atoms with Gasteiger partial charge in [0.2, 0.25) is 10.0 Å². The second-order valence-corrected chi connectivity index (χ2v) is 7.04. The zero-order valence-electron chi connectivity index (χ0n) is 9.39. The Morgan fingerprint density at radius 3 is 2.71 bits per heavy atom. The molecule has 1 fully saturated rings. The first-order chi connectivity index (χ1) is 8.12. The molecule has 2 rings (SSSR count). The normalized spacial score (nSPS) is 18.4. The predicted octanol–water partition coefficient (Wildman–Crippen LogP) is 0.664. The van der Waals surface area contributed by atoms with Gasteiger partial charge >= 0.3 is 0 Å². The minimum absolute atomic E-state index is 0.0165. The van der Waals surface area contributed by atoms with Gasteiger partial charge in [-0.1, -0.05) is 0 Å². The van der Waals surface area contributed by atoms with Gasteiger partial charge in [-0.05, 0) is 25.0 Å². The molecule has 1 aliphatic heterocycles. The first-order valence-electron chi connectivity index (χ1n) is 5.50. The third-order valence-corrected chi connectivity index (χ3v) is 5.77. The molecular formula is C10H16N2O3S2. The quantitative estimate of drug-likeness (QED) is 0.846. The van der Waals surface area contributed by atoms with E-state index < -0.39 is 10.0 Å². The van der Waals surface area contributed by atoms with Gasteiger partial charge in [0.25, 0.3) is 0 Å². The summed E-state index contributed by atoms with van der Waals surface area (Å²) in [6, 6.07) is 3.34. The standard InChI is InChI=1S/C10H16N2O3S2/c11-7-9-1-2-10(16-9)17(13,14)12-8-3-5-15-6-4-8/h1-2,8,12H,3-7,11H2. The highest BCUT2D eigenvalue weighted by Crippen LogP contribution is 2.22. The van der Waals surface area contributed by atoms with Crippen LogP contribution in [-0.2, 0) is 21.3 Å². The number of nitrogens with one attached hydrogen (secondary N) is 1. The summed E-state index contributed by atoms with van der Waals surface area (Å²) in [5.41, 5.74) is 5.47. The third-order valence-electron chi connectivity index (χ3n) is 2.65. The van der Waals surface area contributed by atoms with Gasteiger partial charge in [-0.15, -0.1) is 11.3 Å². The van der Waals surface area contributed by atoms with Crippen molar-refractivity contribution in [3.63, 3.8) is 0 Å². The number of rotatable bonds is 4. The summed E-state index contributed by atoms with van der Waals surface area (Å²) in [4.78, 5) is 0.873. The van der Waals surface area contributed by atoms with Gasteiger partial charge in [-0.25, -0.2) is 13.1 Å². The molecule has 1 aliphatic rings. The molecule has 1 aromatic heterocycles. The average molecular weight is 276 g/mol. The lowest BCUT2D eigenvalue weighted by Crippen LogP contribution is -2.38.